The van der Waals surface area contributed by atoms with Gasteiger partial charge in [0.05, 0.1) is 6.10 Å². The number of aldehydes is 1. The first-order valence-corrected chi connectivity index (χ1v) is 8.51. The largest absolute Gasteiger partial charge is 0.387 e. The number of aromatic nitrogens is 1. The van der Waals surface area contributed by atoms with E-state index in [-0.39, 0.29) is 0 Å². The van der Waals surface area contributed by atoms with Crippen LogP contribution >= 0.6 is 0 Å². The van der Waals surface area contributed by atoms with E-state index in [2.05, 4.69) is 30.1 Å². The van der Waals surface area contributed by atoms with Crippen LogP contribution in [0.25, 0.3) is 17.0 Å². The van der Waals surface area contributed by atoms with E-state index in [1.54, 1.807) is 13.0 Å². The summed E-state index contributed by atoms with van der Waals surface area (Å²) in [6.07, 6.45) is 4.67. The van der Waals surface area contributed by atoms with E-state index in [1.165, 1.54) is 17.2 Å². The van der Waals surface area contributed by atoms with Crippen molar-refractivity contribution in [3.63, 3.8) is 0 Å². The summed E-state index contributed by atoms with van der Waals surface area (Å²) in [4.78, 5) is 13.2. The van der Waals surface area contributed by atoms with Gasteiger partial charge in [0.15, 0.2) is 0 Å². The highest BCUT2D eigenvalue weighted by Gasteiger charge is 2.05. The normalized spacial score (nSPS) is 12.0. The molecule has 2 N–H and O–H groups in total. The van der Waals surface area contributed by atoms with Crippen LogP contribution in [0.3, 0.4) is 0 Å². The molecule has 0 saturated heterocycles. The Labute approximate surface area is 149 Å². The fraction of sp³-hybridized carbons (Fsp3) is 0.227. The van der Waals surface area contributed by atoms with E-state index in [0.717, 1.165) is 34.9 Å². The highest BCUT2D eigenvalue weighted by Crippen LogP contribution is 2.21. The summed E-state index contributed by atoms with van der Waals surface area (Å²) in [7, 11) is 0. The van der Waals surface area contributed by atoms with E-state index in [9.17, 15) is 9.90 Å². The Hall–Kier alpha value is -2.65. The Morgan fingerprint density at radius 2 is 1.84 bits per heavy atom. The topological polar surface area (TPSA) is 53.1 Å². The molecule has 3 aromatic rings. The summed E-state index contributed by atoms with van der Waals surface area (Å²) in [5, 5.41) is 10.6. The van der Waals surface area contributed by atoms with Crippen molar-refractivity contribution >= 4 is 23.3 Å². The van der Waals surface area contributed by atoms with Crippen LogP contribution in [0.5, 0.6) is 0 Å². The van der Waals surface area contributed by atoms with Crippen molar-refractivity contribution in [3.8, 4) is 0 Å². The molecule has 25 heavy (non-hydrogen) atoms. The minimum atomic E-state index is -0.424. The van der Waals surface area contributed by atoms with E-state index in [4.69, 9.17) is 0 Å². The maximum atomic E-state index is 9.96. The lowest BCUT2D eigenvalue weighted by molar-refractivity contribution is -0.104. The highest BCUT2D eigenvalue weighted by molar-refractivity contribution is 5.81. The molecule has 0 bridgehead atoms. The van der Waals surface area contributed by atoms with Crippen LogP contribution in [0.15, 0.2) is 54.6 Å². The van der Waals surface area contributed by atoms with Crippen molar-refractivity contribution in [2.24, 2.45) is 0 Å². The van der Waals surface area contributed by atoms with Crippen LogP contribution in [-0.2, 0) is 11.2 Å². The van der Waals surface area contributed by atoms with E-state index < -0.39 is 6.10 Å². The number of aromatic amines is 1. The molecule has 3 heteroatoms. The molecule has 1 heterocycles. The van der Waals surface area contributed by atoms with Gasteiger partial charge in [-0.15, -0.1) is 0 Å². The zero-order valence-electron chi connectivity index (χ0n) is 15.0. The number of hydrogen-bond acceptors (Lipinski definition) is 2. The number of fused-ring (bicyclic) bond motifs is 1. The van der Waals surface area contributed by atoms with Gasteiger partial charge in [-0.25, -0.2) is 0 Å². The van der Waals surface area contributed by atoms with Crippen molar-refractivity contribution in [1.82, 2.24) is 4.98 Å². The molecule has 1 unspecified atom stereocenters. The second-order valence-corrected chi connectivity index (χ2v) is 6.08. The van der Waals surface area contributed by atoms with Gasteiger partial charge in [0, 0.05) is 11.2 Å². The SMILES string of the molecule is CCc1ccc2cc(C(C)O)[nH]c2c1.Cc1ccc(/C=C/C=O)cc1. The molecular formula is C22H25NO2. The monoisotopic (exact) mass is 335 g/mol. The van der Waals surface area contributed by atoms with Gasteiger partial charge in [0.25, 0.3) is 0 Å². The molecule has 3 nitrogen and oxygen atoms in total. The number of aliphatic hydroxyl groups excluding tert-OH is 1. The first kappa shape index (κ1) is 18.7. The minimum Gasteiger partial charge on any atom is -0.387 e. The van der Waals surface area contributed by atoms with Gasteiger partial charge < -0.3 is 10.1 Å². The lowest BCUT2D eigenvalue weighted by Crippen LogP contribution is -1.89. The summed E-state index contributed by atoms with van der Waals surface area (Å²) in [5.74, 6) is 0. The highest BCUT2D eigenvalue weighted by atomic mass is 16.3. The number of carbonyl (C=O) groups excluding carboxylic acids is 1. The summed E-state index contributed by atoms with van der Waals surface area (Å²) in [6.45, 7) is 5.94. The van der Waals surface area contributed by atoms with E-state index in [0.29, 0.717) is 0 Å². The standard InChI is InChI=1S/C12H15NO.C10H10O/c1-3-9-4-5-10-7-11(8(2)14)13-12(10)6-9;1-9-4-6-10(7-5-9)3-2-8-11/h4-8,13-14H,3H2,1-2H3;2-8H,1H3/b;3-2+. The quantitative estimate of drug-likeness (QED) is 0.521. The molecule has 0 aliphatic carbocycles. The first-order chi connectivity index (χ1) is 12.0. The molecule has 0 radical (unpaired) electrons. The van der Waals surface area contributed by atoms with Crippen LogP contribution in [0.2, 0.25) is 0 Å². The molecule has 3 rings (SSSR count). The predicted molar refractivity (Wildman–Crippen MR) is 105 cm³/mol. The molecule has 0 saturated carbocycles. The predicted octanol–water partition coefficient (Wildman–Crippen LogP) is 4.99. The first-order valence-electron chi connectivity index (χ1n) is 8.51. The van der Waals surface area contributed by atoms with Gasteiger partial charge in [-0.1, -0.05) is 55.0 Å². The molecule has 0 fully saturated rings. The van der Waals surface area contributed by atoms with Crippen LogP contribution in [0.1, 0.15) is 42.3 Å². The number of H-pyrrole nitrogens is 1. The summed E-state index contributed by atoms with van der Waals surface area (Å²) < 4.78 is 0. The zero-order valence-corrected chi connectivity index (χ0v) is 15.0. The lowest BCUT2D eigenvalue weighted by Gasteiger charge is -1.97. The average molecular weight is 335 g/mol. The molecule has 0 spiro atoms. The average Bonchev–Trinajstić information content (AvgIpc) is 3.05. The Bertz CT molecular complexity index is 842. The minimum absolute atomic E-state index is 0.424. The van der Waals surface area contributed by atoms with E-state index >= 15 is 0 Å². The van der Waals surface area contributed by atoms with Crippen molar-refractivity contribution in [2.75, 3.05) is 0 Å². The second kappa shape index (κ2) is 9.00. The number of allylic oxidation sites excluding steroid dienone is 1. The number of benzene rings is 2. The van der Waals surface area contributed by atoms with E-state index in [1.807, 2.05) is 37.3 Å². The molecular weight excluding hydrogens is 310 g/mol. The lowest BCUT2D eigenvalue weighted by atomic mass is 10.1. The van der Waals surface area contributed by atoms with Crippen molar-refractivity contribution in [1.29, 1.82) is 0 Å². The van der Waals surface area contributed by atoms with Gasteiger partial charge >= 0.3 is 0 Å². The van der Waals surface area contributed by atoms with Crippen LogP contribution in [-0.4, -0.2) is 16.4 Å². The van der Waals surface area contributed by atoms with Gasteiger partial charge in [-0.3, -0.25) is 4.79 Å². The van der Waals surface area contributed by atoms with Crippen LogP contribution in [0, 0.1) is 6.92 Å². The van der Waals surface area contributed by atoms with Gasteiger partial charge in [-0.05, 0) is 55.0 Å². The Morgan fingerprint density at radius 3 is 2.44 bits per heavy atom. The van der Waals surface area contributed by atoms with Gasteiger partial charge in [0.1, 0.15) is 6.29 Å². The number of nitrogens with one attached hydrogen (secondary N) is 1. The smallest absolute Gasteiger partial charge is 0.142 e. The molecule has 1 aromatic heterocycles. The summed E-state index contributed by atoms with van der Waals surface area (Å²) in [6, 6.07) is 16.4. The molecule has 1 atom stereocenters. The Balaban J connectivity index is 0.000000186. The molecule has 2 aromatic carbocycles. The van der Waals surface area contributed by atoms with Crippen LogP contribution in [0.4, 0.5) is 0 Å². The summed E-state index contributed by atoms with van der Waals surface area (Å²) in [5.41, 5.74) is 5.60. The summed E-state index contributed by atoms with van der Waals surface area (Å²) >= 11 is 0. The molecule has 0 aliphatic rings. The maximum absolute atomic E-state index is 9.96. The molecule has 130 valence electrons. The van der Waals surface area contributed by atoms with Crippen LogP contribution < -0.4 is 0 Å². The van der Waals surface area contributed by atoms with Crippen molar-refractivity contribution in [2.45, 2.75) is 33.3 Å². The number of hydrogen-bond donors (Lipinski definition) is 2. The number of aryl methyl sites for hydroxylation is 2. The van der Waals surface area contributed by atoms with Crippen molar-refractivity contribution < 1.29 is 9.90 Å². The Kier molecular flexibility index (Phi) is 6.72. The third-order valence-electron chi connectivity index (χ3n) is 4.01. The zero-order chi connectivity index (χ0) is 18.2. The third-order valence-corrected chi connectivity index (χ3v) is 4.01. The van der Waals surface area contributed by atoms with Gasteiger partial charge in [0.2, 0.25) is 0 Å². The van der Waals surface area contributed by atoms with Gasteiger partial charge in [-0.2, -0.15) is 0 Å². The second-order valence-electron chi connectivity index (χ2n) is 6.08. The fourth-order valence-electron chi connectivity index (χ4n) is 2.47. The van der Waals surface area contributed by atoms with Crippen molar-refractivity contribution in [3.05, 3.63) is 77.0 Å². The number of carbonyl (C=O) groups is 1. The molecule has 0 amide bonds. The Morgan fingerprint density at radius 1 is 1.12 bits per heavy atom. The number of rotatable bonds is 4. The fourth-order valence-corrected chi connectivity index (χ4v) is 2.47. The number of aliphatic hydroxyl groups is 1. The molecule has 0 aliphatic heterocycles. The maximum Gasteiger partial charge on any atom is 0.142 e. The third kappa shape index (κ3) is 5.44.